The molecule has 2 amide bonds. The van der Waals surface area contributed by atoms with Crippen LogP contribution in [-0.2, 0) is 9.59 Å². The number of carbonyl (C=O) groups excluding carboxylic acids is 2. The first-order valence-electron chi connectivity index (χ1n) is 10.3. The molecule has 30 heavy (non-hydrogen) atoms. The third-order valence-corrected chi connectivity index (χ3v) is 6.67. The molecule has 4 atom stereocenters. The summed E-state index contributed by atoms with van der Waals surface area (Å²) in [7, 11) is 1.73. The second kappa shape index (κ2) is 9.68. The van der Waals surface area contributed by atoms with Gasteiger partial charge in [0, 0.05) is 13.0 Å². The van der Waals surface area contributed by atoms with Gasteiger partial charge in [-0.05, 0) is 38.4 Å². The van der Waals surface area contributed by atoms with Crippen LogP contribution in [0.2, 0.25) is 0 Å². The van der Waals surface area contributed by atoms with Gasteiger partial charge in [-0.2, -0.15) is 0 Å². The van der Waals surface area contributed by atoms with Crippen LogP contribution in [-0.4, -0.2) is 58.6 Å². The predicted molar refractivity (Wildman–Crippen MR) is 118 cm³/mol. The quantitative estimate of drug-likeness (QED) is 0.626. The van der Waals surface area contributed by atoms with E-state index in [1.54, 1.807) is 18.4 Å². The number of β-amino-alcohol motifs (C(OH)–C–C–N with tert-alkyl or cyclic N) is 1. The molecule has 1 saturated heterocycles. The number of carbonyl (C=O) groups is 2. The molecule has 2 heterocycles. The van der Waals surface area contributed by atoms with Crippen molar-refractivity contribution in [2.45, 2.75) is 57.8 Å². The van der Waals surface area contributed by atoms with E-state index in [0.29, 0.717) is 6.42 Å². The smallest absolute Gasteiger partial charge is 0.243 e. The number of rotatable bonds is 7. The first-order valence-corrected chi connectivity index (χ1v) is 11.2. The number of aromatic nitrogens is 1. The molecule has 162 valence electrons. The van der Waals surface area contributed by atoms with Crippen LogP contribution in [0.25, 0.3) is 10.4 Å². The largest absolute Gasteiger partial charge is 0.391 e. The van der Waals surface area contributed by atoms with Gasteiger partial charge in [-0.25, -0.2) is 4.98 Å². The van der Waals surface area contributed by atoms with Gasteiger partial charge in [-0.15, -0.1) is 11.3 Å². The van der Waals surface area contributed by atoms with Crippen molar-refractivity contribution in [2.24, 2.45) is 0 Å². The number of thiazole rings is 1. The highest BCUT2D eigenvalue weighted by atomic mass is 32.1. The van der Waals surface area contributed by atoms with Crippen molar-refractivity contribution in [3.8, 4) is 10.4 Å². The van der Waals surface area contributed by atoms with Crippen LogP contribution >= 0.6 is 11.3 Å². The van der Waals surface area contributed by atoms with Crippen molar-refractivity contribution in [1.29, 1.82) is 0 Å². The lowest BCUT2D eigenvalue weighted by atomic mass is 10.0. The van der Waals surface area contributed by atoms with Crippen molar-refractivity contribution < 1.29 is 14.7 Å². The van der Waals surface area contributed by atoms with Crippen molar-refractivity contribution in [2.75, 3.05) is 13.6 Å². The summed E-state index contributed by atoms with van der Waals surface area (Å²) >= 11 is 1.61. The fraction of sp³-hybridized carbons (Fsp3) is 0.500. The van der Waals surface area contributed by atoms with Gasteiger partial charge in [0.05, 0.1) is 34.3 Å². The summed E-state index contributed by atoms with van der Waals surface area (Å²) in [4.78, 5) is 32.7. The topological polar surface area (TPSA) is 94.6 Å². The number of likely N-dealkylation sites (N-methyl/N-ethyl adjacent to an activating group) is 1. The molecule has 1 unspecified atom stereocenters. The minimum Gasteiger partial charge on any atom is -0.391 e. The number of aryl methyl sites for hydroxylation is 1. The minimum atomic E-state index is -0.684. The van der Waals surface area contributed by atoms with Crippen LogP contribution in [0.1, 0.15) is 44.0 Å². The average molecular weight is 431 g/mol. The number of nitrogens with zero attached hydrogens (tertiary/aromatic N) is 2. The van der Waals surface area contributed by atoms with Crippen molar-refractivity contribution in [3.05, 3.63) is 41.0 Å². The summed E-state index contributed by atoms with van der Waals surface area (Å²) in [6.07, 6.45) is 0.197. The summed E-state index contributed by atoms with van der Waals surface area (Å²) in [6, 6.07) is 6.84. The lowest BCUT2D eigenvalue weighted by molar-refractivity contribution is -0.140. The second-order valence-corrected chi connectivity index (χ2v) is 8.62. The third kappa shape index (κ3) is 4.71. The highest BCUT2D eigenvalue weighted by Gasteiger charge is 2.40. The normalized spacial score (nSPS) is 20.8. The monoisotopic (exact) mass is 430 g/mol. The number of benzene rings is 1. The van der Waals surface area contributed by atoms with Gasteiger partial charge in [0.2, 0.25) is 11.8 Å². The Morgan fingerprint density at radius 3 is 2.60 bits per heavy atom. The first-order chi connectivity index (χ1) is 14.3. The van der Waals surface area contributed by atoms with Crippen LogP contribution in [0.15, 0.2) is 29.8 Å². The highest BCUT2D eigenvalue weighted by molar-refractivity contribution is 7.13. The van der Waals surface area contributed by atoms with E-state index in [1.165, 1.54) is 4.90 Å². The van der Waals surface area contributed by atoms with E-state index in [9.17, 15) is 14.7 Å². The molecule has 0 radical (unpaired) electrons. The average Bonchev–Trinajstić information content (AvgIpc) is 3.34. The maximum atomic E-state index is 12.9. The molecule has 0 bridgehead atoms. The molecule has 3 rings (SSSR count). The van der Waals surface area contributed by atoms with Gasteiger partial charge in [0.25, 0.3) is 0 Å². The molecule has 1 aliphatic heterocycles. The Balaban J connectivity index is 1.68. The summed E-state index contributed by atoms with van der Waals surface area (Å²) in [5.74, 6) is -0.380. The molecule has 1 aromatic carbocycles. The molecular formula is C22H30N4O3S. The molecule has 8 heteroatoms. The van der Waals surface area contributed by atoms with E-state index in [1.807, 2.05) is 50.5 Å². The summed E-state index contributed by atoms with van der Waals surface area (Å²) in [6.45, 7) is 6.01. The summed E-state index contributed by atoms with van der Waals surface area (Å²) in [5, 5.41) is 16.1. The number of hydrogen-bond donors (Lipinski definition) is 3. The standard InChI is InChI=1S/C22H30N4O3S/c1-5-18(23-4)22(29)26-11-17(27)10-19(26)21(28)25-13(2)15-6-8-16(9-7-15)20-14(3)24-12-30-20/h6-9,12-13,17-19,23,27H,5,10-11H2,1-4H3,(H,25,28)/t13-,17+,18?,19-/m0/s1. The Morgan fingerprint density at radius 1 is 1.33 bits per heavy atom. The molecule has 3 N–H and O–H groups in total. The molecular weight excluding hydrogens is 400 g/mol. The van der Waals surface area contributed by atoms with Gasteiger partial charge < -0.3 is 20.6 Å². The van der Waals surface area contributed by atoms with E-state index in [4.69, 9.17) is 0 Å². The van der Waals surface area contributed by atoms with Crippen molar-refractivity contribution >= 4 is 23.2 Å². The molecule has 1 aliphatic rings. The Morgan fingerprint density at radius 2 is 2.03 bits per heavy atom. The maximum absolute atomic E-state index is 12.9. The number of likely N-dealkylation sites (tertiary alicyclic amines) is 1. The lowest BCUT2D eigenvalue weighted by Gasteiger charge is -2.28. The first kappa shape index (κ1) is 22.4. The molecule has 2 aromatic rings. The fourth-order valence-electron chi connectivity index (χ4n) is 3.90. The zero-order valence-electron chi connectivity index (χ0n) is 17.9. The third-order valence-electron chi connectivity index (χ3n) is 5.70. The number of hydrogen-bond acceptors (Lipinski definition) is 6. The predicted octanol–water partition coefficient (Wildman–Crippen LogP) is 2.26. The molecule has 0 aliphatic carbocycles. The maximum Gasteiger partial charge on any atom is 0.243 e. The highest BCUT2D eigenvalue weighted by Crippen LogP contribution is 2.28. The van der Waals surface area contributed by atoms with E-state index in [2.05, 4.69) is 15.6 Å². The second-order valence-electron chi connectivity index (χ2n) is 7.76. The fourth-order valence-corrected chi connectivity index (χ4v) is 4.71. The molecule has 0 saturated carbocycles. The van der Waals surface area contributed by atoms with Crippen LogP contribution in [0.4, 0.5) is 0 Å². The van der Waals surface area contributed by atoms with Crippen molar-refractivity contribution in [3.63, 3.8) is 0 Å². The summed E-state index contributed by atoms with van der Waals surface area (Å²) < 4.78 is 0. The number of aliphatic hydroxyl groups is 1. The Labute approximate surface area is 181 Å². The Kier molecular flexibility index (Phi) is 7.23. The lowest BCUT2D eigenvalue weighted by Crippen LogP contribution is -2.52. The van der Waals surface area contributed by atoms with Gasteiger partial charge in [-0.3, -0.25) is 9.59 Å². The van der Waals surface area contributed by atoms with Gasteiger partial charge >= 0.3 is 0 Å². The van der Waals surface area contributed by atoms with E-state index in [0.717, 1.165) is 21.7 Å². The molecule has 7 nitrogen and oxygen atoms in total. The molecule has 1 aromatic heterocycles. The van der Waals surface area contributed by atoms with Gasteiger partial charge in [0.1, 0.15) is 6.04 Å². The van der Waals surface area contributed by atoms with Crippen LogP contribution in [0, 0.1) is 6.92 Å². The van der Waals surface area contributed by atoms with Gasteiger partial charge in [-0.1, -0.05) is 31.2 Å². The number of amides is 2. The van der Waals surface area contributed by atoms with Crippen LogP contribution in [0.5, 0.6) is 0 Å². The number of aliphatic hydroxyl groups excluding tert-OH is 1. The zero-order chi connectivity index (χ0) is 21.8. The molecule has 1 fully saturated rings. The number of nitrogens with one attached hydrogen (secondary N) is 2. The minimum absolute atomic E-state index is 0.145. The van der Waals surface area contributed by atoms with E-state index in [-0.39, 0.29) is 36.9 Å². The van der Waals surface area contributed by atoms with E-state index >= 15 is 0 Å². The van der Waals surface area contributed by atoms with E-state index < -0.39 is 12.1 Å². The Bertz CT molecular complexity index is 879. The van der Waals surface area contributed by atoms with Crippen LogP contribution in [0.3, 0.4) is 0 Å². The SMILES string of the molecule is CCC(NC)C(=O)N1C[C@H](O)C[C@H]1C(=O)N[C@@H](C)c1ccc(-c2scnc2C)cc1. The Hall–Kier alpha value is -2.29. The summed E-state index contributed by atoms with van der Waals surface area (Å²) in [5.41, 5.74) is 4.92. The zero-order valence-corrected chi connectivity index (χ0v) is 18.7. The van der Waals surface area contributed by atoms with Crippen molar-refractivity contribution in [1.82, 2.24) is 20.5 Å². The van der Waals surface area contributed by atoms with Crippen LogP contribution < -0.4 is 10.6 Å². The van der Waals surface area contributed by atoms with Gasteiger partial charge in [0.15, 0.2) is 0 Å². The molecule has 0 spiro atoms.